The van der Waals surface area contributed by atoms with Crippen molar-refractivity contribution in [1.29, 1.82) is 0 Å². The van der Waals surface area contributed by atoms with E-state index in [-0.39, 0.29) is 36.0 Å². The summed E-state index contributed by atoms with van der Waals surface area (Å²) >= 11 is 0. The molecule has 0 spiro atoms. The number of nitrogens with zero attached hydrogens (tertiary/aromatic N) is 4. The fourth-order valence-corrected chi connectivity index (χ4v) is 3.16. The molecular formula is C18H19ClFN5O3S. The van der Waals surface area contributed by atoms with Crippen LogP contribution in [0.25, 0.3) is 16.9 Å². The zero-order valence-corrected chi connectivity index (χ0v) is 17.0. The molecule has 2 N–H and O–H groups in total. The van der Waals surface area contributed by atoms with E-state index in [1.54, 1.807) is 30.5 Å². The molecule has 29 heavy (non-hydrogen) atoms. The summed E-state index contributed by atoms with van der Waals surface area (Å²) in [7, 11) is -3.26. The van der Waals surface area contributed by atoms with E-state index in [4.69, 9.17) is 5.73 Å². The first-order valence-corrected chi connectivity index (χ1v) is 10.1. The summed E-state index contributed by atoms with van der Waals surface area (Å²) in [4.78, 5) is 16.9. The van der Waals surface area contributed by atoms with Crippen molar-refractivity contribution < 1.29 is 12.8 Å². The molecule has 0 saturated heterocycles. The molecule has 0 saturated carbocycles. The smallest absolute Gasteiger partial charge is 0.327 e. The molecule has 3 aromatic rings. The fraction of sp³-hybridized carbons (Fsp3) is 0.167. The number of hydrogen-bond acceptors (Lipinski definition) is 6. The van der Waals surface area contributed by atoms with E-state index in [1.165, 1.54) is 23.0 Å². The molecule has 154 valence electrons. The van der Waals surface area contributed by atoms with E-state index in [1.807, 2.05) is 0 Å². The predicted octanol–water partition coefficient (Wildman–Crippen LogP) is 1.73. The van der Waals surface area contributed by atoms with Crippen LogP contribution in [0.3, 0.4) is 0 Å². The zero-order valence-electron chi connectivity index (χ0n) is 15.4. The van der Waals surface area contributed by atoms with Gasteiger partial charge in [0, 0.05) is 24.6 Å². The van der Waals surface area contributed by atoms with Crippen LogP contribution in [0.2, 0.25) is 0 Å². The lowest BCUT2D eigenvalue weighted by Crippen LogP contribution is -2.26. The van der Waals surface area contributed by atoms with Crippen molar-refractivity contribution in [2.75, 3.05) is 12.8 Å². The van der Waals surface area contributed by atoms with Gasteiger partial charge in [-0.05, 0) is 35.4 Å². The Labute approximate surface area is 172 Å². The molecular weight excluding hydrogens is 421 g/mol. The molecule has 11 heteroatoms. The minimum Gasteiger partial charge on any atom is -0.327 e. The van der Waals surface area contributed by atoms with Gasteiger partial charge in [0.1, 0.15) is 12.1 Å². The van der Waals surface area contributed by atoms with Crippen molar-refractivity contribution >= 4 is 22.2 Å². The van der Waals surface area contributed by atoms with Crippen LogP contribution in [0.5, 0.6) is 0 Å². The molecule has 2 aromatic heterocycles. The Balaban J connectivity index is 0.00000300. The highest BCUT2D eigenvalue weighted by atomic mass is 35.5. The second-order valence-electron chi connectivity index (χ2n) is 6.11. The Bertz CT molecular complexity index is 1170. The third-order valence-corrected chi connectivity index (χ3v) is 5.24. The average molecular weight is 440 g/mol. The summed E-state index contributed by atoms with van der Waals surface area (Å²) in [5, 5.41) is 3.95. The van der Waals surface area contributed by atoms with E-state index in [0.717, 1.165) is 22.1 Å². The quantitative estimate of drug-likeness (QED) is 0.625. The lowest BCUT2D eigenvalue weighted by molar-refractivity contribution is 0.602. The highest BCUT2D eigenvalue weighted by Crippen LogP contribution is 2.21. The predicted molar refractivity (Wildman–Crippen MR) is 110 cm³/mol. The SMILES string of the molecule is CS(=O)(=O)c1ccc(-c2ccc(-n3cnn(C/C(=C\F)CN)c3=O)nc2)cc1.Cl. The first kappa shape index (κ1) is 22.5. The normalized spacial score (nSPS) is 11.9. The van der Waals surface area contributed by atoms with E-state index < -0.39 is 15.5 Å². The summed E-state index contributed by atoms with van der Waals surface area (Å²) in [5.41, 5.74) is 6.72. The zero-order chi connectivity index (χ0) is 20.3. The summed E-state index contributed by atoms with van der Waals surface area (Å²) < 4.78 is 38.1. The summed E-state index contributed by atoms with van der Waals surface area (Å²) in [5.74, 6) is 0.353. The minimum atomic E-state index is -3.26. The van der Waals surface area contributed by atoms with Crippen LogP contribution in [0.15, 0.2) is 70.5 Å². The number of aromatic nitrogens is 4. The van der Waals surface area contributed by atoms with Gasteiger partial charge < -0.3 is 5.73 Å². The summed E-state index contributed by atoms with van der Waals surface area (Å²) in [6, 6.07) is 9.83. The molecule has 8 nitrogen and oxygen atoms in total. The average Bonchev–Trinajstić information content (AvgIpc) is 3.06. The van der Waals surface area contributed by atoms with Crippen molar-refractivity contribution in [3.8, 4) is 16.9 Å². The van der Waals surface area contributed by atoms with Gasteiger partial charge in [-0.2, -0.15) is 5.10 Å². The number of pyridine rings is 1. The third kappa shape index (κ3) is 4.97. The molecule has 0 amide bonds. The molecule has 3 rings (SSSR count). The highest BCUT2D eigenvalue weighted by molar-refractivity contribution is 7.90. The fourth-order valence-electron chi connectivity index (χ4n) is 2.53. The number of hydrogen-bond donors (Lipinski definition) is 1. The van der Waals surface area contributed by atoms with Gasteiger partial charge in [-0.3, -0.25) is 0 Å². The highest BCUT2D eigenvalue weighted by Gasteiger charge is 2.11. The number of rotatable bonds is 6. The van der Waals surface area contributed by atoms with Crippen LogP contribution in [-0.4, -0.2) is 40.5 Å². The Morgan fingerprint density at radius 1 is 1.17 bits per heavy atom. The molecule has 1 aromatic carbocycles. The molecule has 0 unspecified atom stereocenters. The Kier molecular flexibility index (Phi) is 7.07. The van der Waals surface area contributed by atoms with Gasteiger partial charge in [0.05, 0.1) is 17.8 Å². The molecule has 0 aliphatic carbocycles. The number of nitrogens with two attached hydrogens (primary N) is 1. The topological polar surface area (TPSA) is 113 Å². The number of halogens is 2. The van der Waals surface area contributed by atoms with Gasteiger partial charge in [-0.25, -0.2) is 31.8 Å². The molecule has 2 heterocycles. The Morgan fingerprint density at radius 3 is 2.34 bits per heavy atom. The lowest BCUT2D eigenvalue weighted by Gasteiger charge is -2.05. The van der Waals surface area contributed by atoms with Crippen LogP contribution in [0.1, 0.15) is 0 Å². The van der Waals surface area contributed by atoms with Gasteiger partial charge in [-0.1, -0.05) is 12.1 Å². The monoisotopic (exact) mass is 439 g/mol. The second kappa shape index (κ2) is 9.12. The van der Waals surface area contributed by atoms with Gasteiger partial charge in [0.25, 0.3) is 0 Å². The van der Waals surface area contributed by atoms with E-state index >= 15 is 0 Å². The molecule has 0 fully saturated rings. The van der Waals surface area contributed by atoms with Crippen molar-refractivity contribution in [2.24, 2.45) is 5.73 Å². The first-order valence-electron chi connectivity index (χ1n) is 8.23. The number of sulfone groups is 1. The first-order chi connectivity index (χ1) is 13.3. The van der Waals surface area contributed by atoms with Crippen LogP contribution in [0.4, 0.5) is 4.39 Å². The van der Waals surface area contributed by atoms with E-state index in [9.17, 15) is 17.6 Å². The maximum absolute atomic E-state index is 12.7. The van der Waals surface area contributed by atoms with Gasteiger partial charge >= 0.3 is 5.69 Å². The minimum absolute atomic E-state index is 0. The lowest BCUT2D eigenvalue weighted by atomic mass is 10.1. The Hall–Kier alpha value is -2.82. The maximum Gasteiger partial charge on any atom is 0.351 e. The van der Waals surface area contributed by atoms with E-state index in [2.05, 4.69) is 10.1 Å². The largest absolute Gasteiger partial charge is 0.351 e. The summed E-state index contributed by atoms with van der Waals surface area (Å²) in [6.45, 7) is -0.0511. The van der Waals surface area contributed by atoms with Crippen LogP contribution >= 0.6 is 12.4 Å². The van der Waals surface area contributed by atoms with Crippen molar-refractivity contribution in [2.45, 2.75) is 11.4 Å². The molecule has 0 bridgehead atoms. The van der Waals surface area contributed by atoms with Gasteiger partial charge in [-0.15, -0.1) is 12.4 Å². The molecule has 0 radical (unpaired) electrons. The summed E-state index contributed by atoms with van der Waals surface area (Å²) in [6.07, 6.45) is 4.39. The number of benzene rings is 1. The molecule has 0 atom stereocenters. The molecule has 0 aliphatic rings. The third-order valence-electron chi connectivity index (χ3n) is 4.11. The van der Waals surface area contributed by atoms with Crippen LogP contribution in [0, 0.1) is 0 Å². The van der Waals surface area contributed by atoms with Gasteiger partial charge in [0.2, 0.25) is 0 Å². The standard InChI is InChI=1S/C18H18FN5O3S.ClH/c1-28(26,27)16-5-2-14(3-6-16)15-4-7-17(21-10-15)23-12-22-24(18(23)25)11-13(8-19)9-20;/h2-8,10,12H,9,11,20H2,1H3;1H/b13-8-;. The van der Waals surface area contributed by atoms with Crippen molar-refractivity contribution in [3.63, 3.8) is 0 Å². The van der Waals surface area contributed by atoms with Crippen LogP contribution in [-0.2, 0) is 16.4 Å². The van der Waals surface area contributed by atoms with Gasteiger partial charge in [0.15, 0.2) is 9.84 Å². The van der Waals surface area contributed by atoms with E-state index in [0.29, 0.717) is 12.1 Å². The second-order valence-corrected chi connectivity index (χ2v) is 8.13. The van der Waals surface area contributed by atoms with Crippen molar-refractivity contribution in [1.82, 2.24) is 19.3 Å². The van der Waals surface area contributed by atoms with Crippen LogP contribution < -0.4 is 11.4 Å². The molecule has 0 aliphatic heterocycles. The maximum atomic E-state index is 12.7. The van der Waals surface area contributed by atoms with Crippen molar-refractivity contribution in [3.05, 3.63) is 71.3 Å². The Morgan fingerprint density at radius 2 is 1.83 bits per heavy atom.